The van der Waals surface area contributed by atoms with Crippen LogP contribution in [0.2, 0.25) is 5.02 Å². The van der Waals surface area contributed by atoms with E-state index in [2.05, 4.69) is 4.90 Å². The molecule has 2 saturated heterocycles. The predicted octanol–water partition coefficient (Wildman–Crippen LogP) is 3.34. The van der Waals surface area contributed by atoms with Crippen LogP contribution in [0.15, 0.2) is 24.3 Å². The Bertz CT molecular complexity index is 457. The number of piperidine rings is 1. The molecule has 0 spiro atoms. The monoisotopic (exact) mass is 325 g/mol. The molecule has 0 aliphatic carbocycles. The highest BCUT2D eigenvalue weighted by atomic mass is 35.5. The number of para-hydroxylation sites is 1. The highest BCUT2D eigenvalue weighted by Crippen LogP contribution is 2.26. The molecule has 0 bridgehead atoms. The highest BCUT2D eigenvalue weighted by molar-refractivity contribution is 6.32. The maximum atomic E-state index is 6.14. The summed E-state index contributed by atoms with van der Waals surface area (Å²) in [6, 6.07) is 7.69. The Kier molecular flexibility index (Phi) is 5.96. The normalized spacial score (nSPS) is 21.9. The van der Waals surface area contributed by atoms with E-state index in [9.17, 15) is 0 Å². The van der Waals surface area contributed by atoms with Gasteiger partial charge in [-0.3, -0.25) is 0 Å². The smallest absolute Gasteiger partial charge is 0.158 e. The van der Waals surface area contributed by atoms with Crippen LogP contribution in [0.1, 0.15) is 25.7 Å². The molecule has 22 heavy (non-hydrogen) atoms. The van der Waals surface area contributed by atoms with Crippen molar-refractivity contribution in [3.8, 4) is 5.75 Å². The Hall–Kier alpha value is -0.810. The van der Waals surface area contributed by atoms with Gasteiger partial charge in [-0.1, -0.05) is 23.7 Å². The van der Waals surface area contributed by atoms with E-state index in [1.54, 1.807) is 0 Å². The summed E-state index contributed by atoms with van der Waals surface area (Å²) in [4.78, 5) is 2.47. The van der Waals surface area contributed by atoms with Crippen LogP contribution in [0.25, 0.3) is 0 Å². The minimum absolute atomic E-state index is 0.00847. The van der Waals surface area contributed by atoms with Gasteiger partial charge in [0.2, 0.25) is 0 Å². The lowest BCUT2D eigenvalue weighted by molar-refractivity contribution is -0.183. The Labute approximate surface area is 137 Å². The van der Waals surface area contributed by atoms with Gasteiger partial charge >= 0.3 is 0 Å². The van der Waals surface area contributed by atoms with Gasteiger partial charge in [0, 0.05) is 26.1 Å². The summed E-state index contributed by atoms with van der Waals surface area (Å²) < 4.78 is 17.2. The van der Waals surface area contributed by atoms with Crippen LogP contribution < -0.4 is 4.74 Å². The number of nitrogens with zero attached hydrogens (tertiary/aromatic N) is 1. The van der Waals surface area contributed by atoms with Gasteiger partial charge in [0.1, 0.15) is 11.9 Å². The summed E-state index contributed by atoms with van der Waals surface area (Å²) in [6.45, 7) is 4.81. The molecule has 3 rings (SSSR count). The lowest BCUT2D eigenvalue weighted by Crippen LogP contribution is -2.40. The number of hydrogen-bond donors (Lipinski definition) is 0. The van der Waals surface area contributed by atoms with E-state index in [4.69, 9.17) is 25.8 Å². The van der Waals surface area contributed by atoms with Crippen LogP contribution in [-0.4, -0.2) is 50.1 Å². The SMILES string of the molecule is Clc1ccccc1OC1CCN(CCC2OCCCO2)CC1. The van der Waals surface area contributed by atoms with Crippen LogP contribution in [-0.2, 0) is 9.47 Å². The third kappa shape index (κ3) is 4.59. The fourth-order valence-electron chi connectivity index (χ4n) is 2.96. The Morgan fingerprint density at radius 1 is 1.14 bits per heavy atom. The molecule has 1 aromatic carbocycles. The highest BCUT2D eigenvalue weighted by Gasteiger charge is 2.22. The van der Waals surface area contributed by atoms with Crippen molar-refractivity contribution in [1.82, 2.24) is 4.90 Å². The molecule has 4 nitrogen and oxygen atoms in total. The first-order valence-corrected chi connectivity index (χ1v) is 8.56. The second-order valence-electron chi connectivity index (χ2n) is 5.90. The predicted molar refractivity (Wildman–Crippen MR) is 86.5 cm³/mol. The van der Waals surface area contributed by atoms with Crippen LogP contribution >= 0.6 is 11.6 Å². The molecule has 2 heterocycles. The summed E-state index contributed by atoms with van der Waals surface area (Å²) >= 11 is 6.14. The average Bonchev–Trinajstić information content (AvgIpc) is 2.57. The number of likely N-dealkylation sites (tertiary alicyclic amines) is 1. The topological polar surface area (TPSA) is 30.9 Å². The van der Waals surface area contributed by atoms with Crippen molar-refractivity contribution in [1.29, 1.82) is 0 Å². The Balaban J connectivity index is 1.38. The first kappa shape index (κ1) is 16.1. The van der Waals surface area contributed by atoms with Gasteiger partial charge in [-0.25, -0.2) is 0 Å². The summed E-state index contributed by atoms with van der Waals surface area (Å²) in [5, 5.41) is 0.691. The van der Waals surface area contributed by atoms with Gasteiger partial charge in [-0.2, -0.15) is 0 Å². The van der Waals surface area contributed by atoms with Crippen molar-refractivity contribution in [3.05, 3.63) is 29.3 Å². The Morgan fingerprint density at radius 2 is 1.86 bits per heavy atom. The molecule has 0 N–H and O–H groups in total. The molecule has 0 atom stereocenters. The zero-order valence-electron chi connectivity index (χ0n) is 12.9. The minimum Gasteiger partial charge on any atom is -0.489 e. The molecule has 0 amide bonds. The van der Waals surface area contributed by atoms with Crippen molar-refractivity contribution in [2.75, 3.05) is 32.8 Å². The summed E-state index contributed by atoms with van der Waals surface area (Å²) in [5.41, 5.74) is 0. The molecule has 2 aliphatic rings. The number of hydrogen-bond acceptors (Lipinski definition) is 4. The lowest BCUT2D eigenvalue weighted by atomic mass is 10.1. The largest absolute Gasteiger partial charge is 0.489 e. The molecule has 2 fully saturated rings. The number of rotatable bonds is 5. The van der Waals surface area contributed by atoms with Gasteiger partial charge in [0.15, 0.2) is 6.29 Å². The Morgan fingerprint density at radius 3 is 2.59 bits per heavy atom. The van der Waals surface area contributed by atoms with Crippen molar-refractivity contribution >= 4 is 11.6 Å². The first-order valence-electron chi connectivity index (χ1n) is 8.18. The second kappa shape index (κ2) is 8.16. The van der Waals surface area contributed by atoms with Gasteiger partial charge in [0.05, 0.1) is 18.2 Å². The maximum absolute atomic E-state index is 6.14. The molecular formula is C17H24ClNO3. The zero-order valence-corrected chi connectivity index (χ0v) is 13.6. The molecule has 2 aliphatic heterocycles. The van der Waals surface area contributed by atoms with E-state index in [0.717, 1.165) is 64.3 Å². The fourth-order valence-corrected chi connectivity index (χ4v) is 3.14. The van der Waals surface area contributed by atoms with E-state index in [1.807, 2.05) is 24.3 Å². The van der Waals surface area contributed by atoms with Crippen molar-refractivity contribution in [2.24, 2.45) is 0 Å². The zero-order chi connectivity index (χ0) is 15.2. The third-order valence-electron chi connectivity index (χ3n) is 4.24. The van der Waals surface area contributed by atoms with Gasteiger partial charge in [-0.05, 0) is 31.4 Å². The molecular weight excluding hydrogens is 302 g/mol. The summed E-state index contributed by atoms with van der Waals surface area (Å²) in [6.07, 6.45) is 4.30. The molecule has 122 valence electrons. The number of ether oxygens (including phenoxy) is 3. The van der Waals surface area contributed by atoms with E-state index in [1.165, 1.54) is 0 Å². The maximum Gasteiger partial charge on any atom is 0.158 e. The van der Waals surface area contributed by atoms with Gasteiger partial charge in [-0.15, -0.1) is 0 Å². The number of halogens is 1. The first-order chi connectivity index (χ1) is 10.8. The lowest BCUT2D eigenvalue weighted by Gasteiger charge is -2.33. The van der Waals surface area contributed by atoms with Gasteiger partial charge in [0.25, 0.3) is 0 Å². The third-order valence-corrected chi connectivity index (χ3v) is 4.55. The van der Waals surface area contributed by atoms with E-state index >= 15 is 0 Å². The van der Waals surface area contributed by atoms with Crippen LogP contribution in [0.4, 0.5) is 0 Å². The standard InChI is InChI=1S/C17H24ClNO3/c18-15-4-1-2-5-16(15)22-14-6-9-19(10-7-14)11-8-17-20-12-3-13-21-17/h1-2,4-5,14,17H,3,6-13H2. The van der Waals surface area contributed by atoms with E-state index in [-0.39, 0.29) is 12.4 Å². The molecule has 0 aromatic heterocycles. The average molecular weight is 326 g/mol. The molecule has 0 radical (unpaired) electrons. The minimum atomic E-state index is -0.00847. The van der Waals surface area contributed by atoms with Crippen LogP contribution in [0.5, 0.6) is 5.75 Å². The molecule has 5 heteroatoms. The van der Waals surface area contributed by atoms with E-state index < -0.39 is 0 Å². The van der Waals surface area contributed by atoms with Gasteiger partial charge < -0.3 is 19.1 Å². The number of benzene rings is 1. The van der Waals surface area contributed by atoms with Crippen molar-refractivity contribution < 1.29 is 14.2 Å². The molecule has 0 saturated carbocycles. The fraction of sp³-hybridized carbons (Fsp3) is 0.647. The van der Waals surface area contributed by atoms with Crippen molar-refractivity contribution in [3.63, 3.8) is 0 Å². The second-order valence-corrected chi connectivity index (χ2v) is 6.31. The quantitative estimate of drug-likeness (QED) is 0.831. The van der Waals surface area contributed by atoms with Crippen LogP contribution in [0, 0.1) is 0 Å². The molecule has 1 aromatic rings. The molecule has 0 unspecified atom stereocenters. The van der Waals surface area contributed by atoms with Crippen LogP contribution in [0.3, 0.4) is 0 Å². The van der Waals surface area contributed by atoms with E-state index in [0.29, 0.717) is 5.02 Å². The summed E-state index contributed by atoms with van der Waals surface area (Å²) in [7, 11) is 0. The summed E-state index contributed by atoms with van der Waals surface area (Å²) in [5.74, 6) is 0.798. The van der Waals surface area contributed by atoms with Crippen molar-refractivity contribution in [2.45, 2.75) is 38.1 Å².